The van der Waals surface area contributed by atoms with E-state index in [0.29, 0.717) is 23.2 Å². The Balaban J connectivity index is 1.97. The average molecular weight is 310 g/mol. The molecule has 1 aromatic carbocycles. The molecule has 0 atom stereocenters. The van der Waals surface area contributed by atoms with Crippen molar-refractivity contribution in [1.82, 2.24) is 4.98 Å². The van der Waals surface area contributed by atoms with E-state index in [9.17, 15) is 8.42 Å². The summed E-state index contributed by atoms with van der Waals surface area (Å²) < 4.78 is 29.7. The lowest BCUT2D eigenvalue weighted by Crippen LogP contribution is -2.07. The van der Waals surface area contributed by atoms with E-state index in [2.05, 4.69) is 11.9 Å². The maximum Gasteiger partial charge on any atom is 0.316 e. The van der Waals surface area contributed by atoms with Gasteiger partial charge in [0.05, 0.1) is 5.75 Å². The van der Waals surface area contributed by atoms with Crippen molar-refractivity contribution in [1.29, 1.82) is 0 Å². The Morgan fingerprint density at radius 3 is 2.62 bits per heavy atom. The molecule has 0 unspecified atom stereocenters. The number of hydrogen-bond donors (Lipinski definition) is 1. The number of sulfone groups is 1. The number of nitrogen functional groups attached to an aromatic ring is 1. The summed E-state index contributed by atoms with van der Waals surface area (Å²) in [5, 5.41) is -0.198. The molecular formula is C15H22N2O3S. The molecule has 0 spiro atoms. The van der Waals surface area contributed by atoms with Crippen LogP contribution in [-0.4, -0.2) is 19.2 Å². The quantitative estimate of drug-likeness (QED) is 0.595. The third kappa shape index (κ3) is 4.20. The second kappa shape index (κ2) is 6.93. The van der Waals surface area contributed by atoms with Crippen molar-refractivity contribution in [2.24, 2.45) is 0 Å². The third-order valence-corrected chi connectivity index (χ3v) is 4.96. The lowest BCUT2D eigenvalue weighted by Gasteiger charge is -2.00. The molecule has 2 rings (SSSR count). The van der Waals surface area contributed by atoms with Crippen LogP contribution in [0.2, 0.25) is 0 Å². The van der Waals surface area contributed by atoms with Gasteiger partial charge in [-0.05, 0) is 24.6 Å². The SMILES string of the molecule is CCCCCCCCS(=O)(=O)c1nc2cc(N)ccc2o1. The summed E-state index contributed by atoms with van der Waals surface area (Å²) in [4.78, 5) is 4.04. The van der Waals surface area contributed by atoms with Crippen molar-refractivity contribution in [3.8, 4) is 0 Å². The van der Waals surface area contributed by atoms with Gasteiger partial charge in [0.25, 0.3) is 0 Å². The van der Waals surface area contributed by atoms with Gasteiger partial charge in [-0.1, -0.05) is 39.0 Å². The molecule has 0 radical (unpaired) electrons. The Morgan fingerprint density at radius 1 is 1.14 bits per heavy atom. The first-order valence-electron chi connectivity index (χ1n) is 7.42. The maximum atomic E-state index is 12.2. The lowest BCUT2D eigenvalue weighted by atomic mass is 10.1. The molecule has 0 saturated heterocycles. The van der Waals surface area contributed by atoms with E-state index >= 15 is 0 Å². The molecule has 1 aromatic heterocycles. The van der Waals surface area contributed by atoms with Crippen LogP contribution in [0.25, 0.3) is 11.1 Å². The summed E-state index contributed by atoms with van der Waals surface area (Å²) in [5.74, 6) is 0.0848. The lowest BCUT2D eigenvalue weighted by molar-refractivity contribution is 0.457. The first-order valence-corrected chi connectivity index (χ1v) is 9.07. The van der Waals surface area contributed by atoms with Gasteiger partial charge < -0.3 is 10.2 Å². The Bertz CT molecular complexity index is 692. The second-order valence-electron chi connectivity index (χ2n) is 5.29. The van der Waals surface area contributed by atoms with Gasteiger partial charge in [-0.3, -0.25) is 0 Å². The fourth-order valence-corrected chi connectivity index (χ4v) is 3.43. The van der Waals surface area contributed by atoms with Crippen LogP contribution < -0.4 is 5.73 Å². The van der Waals surface area contributed by atoms with E-state index in [1.54, 1.807) is 18.2 Å². The van der Waals surface area contributed by atoms with Crippen LogP contribution in [0.5, 0.6) is 0 Å². The van der Waals surface area contributed by atoms with Crippen molar-refractivity contribution < 1.29 is 12.8 Å². The molecule has 0 fully saturated rings. The minimum Gasteiger partial charge on any atom is -0.428 e. The highest BCUT2D eigenvalue weighted by Gasteiger charge is 2.21. The molecule has 116 valence electrons. The highest BCUT2D eigenvalue weighted by Crippen LogP contribution is 2.22. The van der Waals surface area contributed by atoms with Crippen molar-refractivity contribution in [3.63, 3.8) is 0 Å². The van der Waals surface area contributed by atoms with Gasteiger partial charge in [-0.15, -0.1) is 0 Å². The molecule has 0 aliphatic carbocycles. The maximum absolute atomic E-state index is 12.2. The molecule has 0 aliphatic rings. The van der Waals surface area contributed by atoms with Gasteiger partial charge in [0.1, 0.15) is 5.52 Å². The van der Waals surface area contributed by atoms with Crippen LogP contribution in [-0.2, 0) is 9.84 Å². The zero-order valence-electron chi connectivity index (χ0n) is 12.3. The van der Waals surface area contributed by atoms with E-state index in [-0.39, 0.29) is 11.0 Å². The van der Waals surface area contributed by atoms with Crippen LogP contribution in [0.1, 0.15) is 45.4 Å². The standard InChI is InChI=1S/C15H22N2O3S/c1-2-3-4-5-6-7-10-21(18,19)15-17-13-11-12(16)8-9-14(13)20-15/h8-9,11H,2-7,10,16H2,1H3. The van der Waals surface area contributed by atoms with E-state index in [1.807, 2.05) is 0 Å². The minimum atomic E-state index is -3.45. The Hall–Kier alpha value is -1.56. The van der Waals surface area contributed by atoms with E-state index in [4.69, 9.17) is 10.2 Å². The van der Waals surface area contributed by atoms with Crippen molar-refractivity contribution >= 4 is 26.6 Å². The van der Waals surface area contributed by atoms with Gasteiger partial charge >= 0.3 is 5.22 Å². The topological polar surface area (TPSA) is 86.2 Å². The number of rotatable bonds is 8. The van der Waals surface area contributed by atoms with Crippen LogP contribution in [0.15, 0.2) is 27.8 Å². The number of hydrogen-bond acceptors (Lipinski definition) is 5. The predicted molar refractivity (Wildman–Crippen MR) is 83.9 cm³/mol. The third-order valence-electron chi connectivity index (χ3n) is 3.42. The Labute approximate surface area is 125 Å². The van der Waals surface area contributed by atoms with Crippen molar-refractivity contribution in [2.75, 3.05) is 11.5 Å². The van der Waals surface area contributed by atoms with Gasteiger partial charge in [-0.2, -0.15) is 4.98 Å². The summed E-state index contributed by atoms with van der Waals surface area (Å²) in [6.45, 7) is 2.16. The fourth-order valence-electron chi connectivity index (χ4n) is 2.22. The van der Waals surface area contributed by atoms with Gasteiger partial charge in [0.2, 0.25) is 9.84 Å². The normalized spacial score (nSPS) is 12.0. The number of aromatic nitrogens is 1. The molecule has 0 amide bonds. The number of benzene rings is 1. The average Bonchev–Trinajstić information content (AvgIpc) is 2.86. The zero-order valence-corrected chi connectivity index (χ0v) is 13.2. The summed E-state index contributed by atoms with van der Waals surface area (Å²) >= 11 is 0. The molecule has 0 aliphatic heterocycles. The first kappa shape index (κ1) is 15.8. The molecule has 21 heavy (non-hydrogen) atoms. The van der Waals surface area contributed by atoms with Crippen LogP contribution >= 0.6 is 0 Å². The number of fused-ring (bicyclic) bond motifs is 1. The number of nitrogens with zero attached hydrogens (tertiary/aromatic N) is 1. The first-order chi connectivity index (χ1) is 10.0. The zero-order chi connectivity index (χ0) is 15.3. The minimum absolute atomic E-state index is 0.0848. The van der Waals surface area contributed by atoms with Crippen molar-refractivity contribution in [2.45, 2.75) is 50.7 Å². The van der Waals surface area contributed by atoms with Gasteiger partial charge in [0, 0.05) is 5.69 Å². The molecule has 6 heteroatoms. The Morgan fingerprint density at radius 2 is 1.86 bits per heavy atom. The number of anilines is 1. The number of unbranched alkanes of at least 4 members (excludes halogenated alkanes) is 5. The van der Waals surface area contributed by atoms with E-state index < -0.39 is 9.84 Å². The molecular weight excluding hydrogens is 288 g/mol. The highest BCUT2D eigenvalue weighted by molar-refractivity contribution is 7.91. The largest absolute Gasteiger partial charge is 0.428 e. The predicted octanol–water partition coefficient (Wildman–Crippen LogP) is 3.54. The number of nitrogens with two attached hydrogens (primary N) is 1. The molecule has 0 bridgehead atoms. The molecule has 1 heterocycles. The molecule has 2 aromatic rings. The second-order valence-corrected chi connectivity index (χ2v) is 7.28. The van der Waals surface area contributed by atoms with Crippen LogP contribution in [0.3, 0.4) is 0 Å². The van der Waals surface area contributed by atoms with Crippen LogP contribution in [0.4, 0.5) is 5.69 Å². The molecule has 0 saturated carbocycles. The van der Waals surface area contributed by atoms with Gasteiger partial charge in [0.15, 0.2) is 5.58 Å². The van der Waals surface area contributed by atoms with Gasteiger partial charge in [-0.25, -0.2) is 8.42 Å². The monoisotopic (exact) mass is 310 g/mol. The smallest absolute Gasteiger partial charge is 0.316 e. The van der Waals surface area contributed by atoms with E-state index in [1.165, 1.54) is 19.3 Å². The Kier molecular flexibility index (Phi) is 5.22. The number of oxazole rings is 1. The van der Waals surface area contributed by atoms with Crippen LogP contribution in [0, 0.1) is 0 Å². The molecule has 5 nitrogen and oxygen atoms in total. The summed E-state index contributed by atoms with van der Waals surface area (Å²) in [6.07, 6.45) is 6.20. The summed E-state index contributed by atoms with van der Waals surface area (Å²) in [5.41, 5.74) is 7.12. The highest BCUT2D eigenvalue weighted by atomic mass is 32.2. The van der Waals surface area contributed by atoms with E-state index in [0.717, 1.165) is 12.8 Å². The van der Waals surface area contributed by atoms with Crippen molar-refractivity contribution in [3.05, 3.63) is 18.2 Å². The molecule has 2 N–H and O–H groups in total. The summed E-state index contributed by atoms with van der Waals surface area (Å²) in [6, 6.07) is 4.92. The summed E-state index contributed by atoms with van der Waals surface area (Å²) in [7, 11) is -3.45. The fraction of sp³-hybridized carbons (Fsp3) is 0.533.